The molecule has 1 aliphatic heterocycles. The number of rotatable bonds is 4. The highest BCUT2D eigenvalue weighted by Gasteiger charge is 2.28. The molecule has 1 amide bonds. The number of hydrogen-bond acceptors (Lipinski definition) is 3. The number of nitrogens with zero attached hydrogens (tertiary/aromatic N) is 1. The molecule has 1 atom stereocenters. The fourth-order valence-electron chi connectivity index (χ4n) is 2.64. The number of ketones is 1. The summed E-state index contributed by atoms with van der Waals surface area (Å²) in [4.78, 5) is 27.8. The fourth-order valence-corrected chi connectivity index (χ4v) is 3.54. The molecular formula is C15H21NO2S. The Bertz CT molecular complexity index is 466. The molecule has 0 aromatic carbocycles. The first kappa shape index (κ1) is 14.3. The zero-order valence-corrected chi connectivity index (χ0v) is 12.5. The molecule has 1 fully saturated rings. The number of carbonyl (C=O) groups is 2. The van der Waals surface area contributed by atoms with E-state index >= 15 is 0 Å². The smallest absolute Gasteiger partial charge is 0.264 e. The van der Waals surface area contributed by atoms with Crippen molar-refractivity contribution in [2.24, 2.45) is 0 Å². The summed E-state index contributed by atoms with van der Waals surface area (Å²) in [5.41, 5.74) is 0. The van der Waals surface area contributed by atoms with Gasteiger partial charge in [0.15, 0.2) is 0 Å². The monoisotopic (exact) mass is 279 g/mol. The van der Waals surface area contributed by atoms with E-state index in [4.69, 9.17) is 0 Å². The average molecular weight is 279 g/mol. The van der Waals surface area contributed by atoms with Gasteiger partial charge < -0.3 is 4.90 Å². The van der Waals surface area contributed by atoms with Crippen molar-refractivity contribution < 1.29 is 9.59 Å². The Morgan fingerprint density at radius 3 is 2.79 bits per heavy atom. The van der Waals surface area contributed by atoms with Crippen LogP contribution in [0, 0.1) is 0 Å². The van der Waals surface area contributed by atoms with Crippen LogP contribution in [0.5, 0.6) is 0 Å². The molecule has 0 bridgehead atoms. The van der Waals surface area contributed by atoms with Gasteiger partial charge in [0.2, 0.25) is 0 Å². The molecule has 0 spiro atoms. The highest BCUT2D eigenvalue weighted by atomic mass is 32.1. The van der Waals surface area contributed by atoms with Crippen LogP contribution in [0.2, 0.25) is 0 Å². The predicted molar refractivity (Wildman–Crippen MR) is 77.7 cm³/mol. The van der Waals surface area contributed by atoms with E-state index in [1.165, 1.54) is 4.88 Å². The normalized spacial score (nSPS) is 19.5. The maximum Gasteiger partial charge on any atom is 0.264 e. The molecule has 4 heteroatoms. The molecule has 0 saturated carbocycles. The van der Waals surface area contributed by atoms with E-state index in [2.05, 4.69) is 6.92 Å². The van der Waals surface area contributed by atoms with Crippen LogP contribution < -0.4 is 0 Å². The topological polar surface area (TPSA) is 37.4 Å². The number of Topliss-reactive ketones (excluding diaryl/α,β-unsaturated/α-hetero) is 1. The standard InChI is InChI=1S/C15H21NO2S/c1-3-13-7-8-14(19-13)15(18)16-9-5-4-6-12(16)10-11(2)17/h7-8,12H,3-6,9-10H2,1-2H3. The van der Waals surface area contributed by atoms with Crippen molar-refractivity contribution in [2.75, 3.05) is 6.54 Å². The van der Waals surface area contributed by atoms with Crippen molar-refractivity contribution in [1.82, 2.24) is 4.90 Å². The van der Waals surface area contributed by atoms with Gasteiger partial charge in [-0.2, -0.15) is 0 Å². The van der Waals surface area contributed by atoms with Crippen LogP contribution in [-0.2, 0) is 11.2 Å². The number of hydrogen-bond donors (Lipinski definition) is 0. The Hall–Kier alpha value is -1.16. The number of likely N-dealkylation sites (tertiary alicyclic amines) is 1. The van der Waals surface area contributed by atoms with E-state index in [-0.39, 0.29) is 17.7 Å². The summed E-state index contributed by atoms with van der Waals surface area (Å²) in [6.07, 6.45) is 4.59. The zero-order chi connectivity index (χ0) is 13.8. The SMILES string of the molecule is CCc1ccc(C(=O)N2CCCCC2CC(C)=O)s1. The molecule has 3 nitrogen and oxygen atoms in total. The van der Waals surface area contributed by atoms with Crippen LogP contribution in [0.4, 0.5) is 0 Å². The average Bonchev–Trinajstić information content (AvgIpc) is 2.86. The minimum atomic E-state index is 0.103. The van der Waals surface area contributed by atoms with Crippen LogP contribution >= 0.6 is 11.3 Å². The summed E-state index contributed by atoms with van der Waals surface area (Å²) in [5, 5.41) is 0. The van der Waals surface area contributed by atoms with Gasteiger partial charge in [-0.25, -0.2) is 0 Å². The second-order valence-electron chi connectivity index (χ2n) is 5.17. The largest absolute Gasteiger partial charge is 0.335 e. The molecule has 0 radical (unpaired) electrons. The van der Waals surface area contributed by atoms with Gasteiger partial charge in [0, 0.05) is 23.9 Å². The first-order valence-electron chi connectivity index (χ1n) is 7.01. The third-order valence-corrected chi connectivity index (χ3v) is 4.85. The Labute approximate surface area is 118 Å². The van der Waals surface area contributed by atoms with E-state index in [0.29, 0.717) is 6.42 Å². The Kier molecular flexibility index (Phi) is 4.75. The minimum absolute atomic E-state index is 0.103. The van der Waals surface area contributed by atoms with Gasteiger partial charge in [-0.15, -0.1) is 11.3 Å². The van der Waals surface area contributed by atoms with E-state index in [9.17, 15) is 9.59 Å². The summed E-state index contributed by atoms with van der Waals surface area (Å²) in [7, 11) is 0. The molecule has 2 heterocycles. The summed E-state index contributed by atoms with van der Waals surface area (Å²) in [5.74, 6) is 0.278. The lowest BCUT2D eigenvalue weighted by Crippen LogP contribution is -2.44. The van der Waals surface area contributed by atoms with Gasteiger partial charge in [-0.3, -0.25) is 9.59 Å². The third-order valence-electron chi connectivity index (χ3n) is 3.63. The van der Waals surface area contributed by atoms with Crippen molar-refractivity contribution in [3.63, 3.8) is 0 Å². The van der Waals surface area contributed by atoms with Gasteiger partial charge in [-0.1, -0.05) is 6.92 Å². The minimum Gasteiger partial charge on any atom is -0.335 e. The van der Waals surface area contributed by atoms with Crippen LogP contribution in [0.25, 0.3) is 0 Å². The number of amides is 1. The van der Waals surface area contributed by atoms with E-state index in [1.54, 1.807) is 18.3 Å². The molecule has 1 unspecified atom stereocenters. The van der Waals surface area contributed by atoms with E-state index in [1.807, 2.05) is 17.0 Å². The van der Waals surface area contributed by atoms with Crippen molar-refractivity contribution in [3.05, 3.63) is 21.9 Å². The fraction of sp³-hybridized carbons (Fsp3) is 0.600. The molecule has 0 N–H and O–H groups in total. The second-order valence-corrected chi connectivity index (χ2v) is 6.34. The van der Waals surface area contributed by atoms with Crippen molar-refractivity contribution in [2.45, 2.75) is 52.0 Å². The van der Waals surface area contributed by atoms with Crippen molar-refractivity contribution in [1.29, 1.82) is 0 Å². The molecule has 1 aliphatic rings. The Morgan fingerprint density at radius 2 is 2.16 bits per heavy atom. The van der Waals surface area contributed by atoms with E-state index in [0.717, 1.165) is 37.1 Å². The highest BCUT2D eigenvalue weighted by molar-refractivity contribution is 7.14. The van der Waals surface area contributed by atoms with Gasteiger partial charge >= 0.3 is 0 Å². The molecule has 1 aromatic heterocycles. The third kappa shape index (κ3) is 3.44. The molecule has 104 valence electrons. The Balaban J connectivity index is 2.12. The van der Waals surface area contributed by atoms with Gasteiger partial charge in [0.05, 0.1) is 4.88 Å². The van der Waals surface area contributed by atoms with Gasteiger partial charge in [0.25, 0.3) is 5.91 Å². The molecular weight excluding hydrogens is 258 g/mol. The summed E-state index contributed by atoms with van der Waals surface area (Å²) >= 11 is 1.58. The molecule has 19 heavy (non-hydrogen) atoms. The molecule has 1 saturated heterocycles. The van der Waals surface area contributed by atoms with Crippen LogP contribution in [0.1, 0.15) is 54.1 Å². The number of piperidine rings is 1. The van der Waals surface area contributed by atoms with E-state index < -0.39 is 0 Å². The number of carbonyl (C=O) groups excluding carboxylic acids is 2. The van der Waals surface area contributed by atoms with Crippen LogP contribution in [-0.4, -0.2) is 29.2 Å². The first-order chi connectivity index (χ1) is 9.11. The van der Waals surface area contributed by atoms with Crippen LogP contribution in [0.3, 0.4) is 0 Å². The summed E-state index contributed by atoms with van der Waals surface area (Å²) < 4.78 is 0. The number of thiophene rings is 1. The predicted octanol–water partition coefficient (Wildman–Crippen LogP) is 3.28. The molecule has 2 rings (SSSR count). The zero-order valence-electron chi connectivity index (χ0n) is 11.6. The van der Waals surface area contributed by atoms with Gasteiger partial charge in [0.1, 0.15) is 5.78 Å². The first-order valence-corrected chi connectivity index (χ1v) is 7.82. The number of aryl methyl sites for hydroxylation is 1. The quantitative estimate of drug-likeness (QED) is 0.848. The Morgan fingerprint density at radius 1 is 1.37 bits per heavy atom. The highest BCUT2D eigenvalue weighted by Crippen LogP contribution is 2.25. The summed E-state index contributed by atoms with van der Waals surface area (Å²) in [6.45, 7) is 4.49. The molecule has 1 aromatic rings. The van der Waals surface area contributed by atoms with Crippen molar-refractivity contribution >= 4 is 23.0 Å². The van der Waals surface area contributed by atoms with Gasteiger partial charge in [-0.05, 0) is 44.7 Å². The molecule has 0 aliphatic carbocycles. The lowest BCUT2D eigenvalue weighted by Gasteiger charge is -2.35. The lowest BCUT2D eigenvalue weighted by molar-refractivity contribution is -0.118. The van der Waals surface area contributed by atoms with Crippen molar-refractivity contribution in [3.8, 4) is 0 Å². The second kappa shape index (κ2) is 6.33. The summed E-state index contributed by atoms with van der Waals surface area (Å²) in [6, 6.07) is 4.05. The lowest BCUT2D eigenvalue weighted by atomic mass is 9.97. The maximum absolute atomic E-state index is 12.5. The maximum atomic E-state index is 12.5. The van der Waals surface area contributed by atoms with Crippen LogP contribution in [0.15, 0.2) is 12.1 Å².